The van der Waals surface area contributed by atoms with Gasteiger partial charge in [0.15, 0.2) is 0 Å². The van der Waals surface area contributed by atoms with Gasteiger partial charge < -0.3 is 15.2 Å². The van der Waals surface area contributed by atoms with Crippen molar-refractivity contribution in [2.45, 2.75) is 38.6 Å². The summed E-state index contributed by atoms with van der Waals surface area (Å²) in [6.45, 7) is 3.77. The van der Waals surface area contributed by atoms with E-state index in [-0.39, 0.29) is 17.7 Å². The van der Waals surface area contributed by atoms with E-state index in [4.69, 9.17) is 4.74 Å². The Morgan fingerprint density at radius 2 is 1.82 bits per heavy atom. The molecule has 1 aliphatic rings. The molecule has 1 fully saturated rings. The molecular formula is C24H22F3N3O3. The van der Waals surface area contributed by atoms with E-state index in [2.05, 4.69) is 15.3 Å². The van der Waals surface area contributed by atoms with Crippen molar-refractivity contribution < 1.29 is 27.8 Å². The number of nitrogens with zero attached hydrogens (tertiary/aromatic N) is 2. The maximum Gasteiger partial charge on any atom is 0.274 e. The Morgan fingerprint density at radius 1 is 1.09 bits per heavy atom. The molecule has 1 aromatic carbocycles. The number of halogens is 3. The number of carbonyl (C=O) groups excluding carboxylic acids is 1. The number of pyridine rings is 2. The van der Waals surface area contributed by atoms with Crippen LogP contribution in [-0.4, -0.2) is 33.2 Å². The second kappa shape index (κ2) is 9.29. The van der Waals surface area contributed by atoms with Gasteiger partial charge in [-0.15, -0.1) is 0 Å². The number of aliphatic hydroxyl groups is 1. The normalized spacial score (nSPS) is 22.7. The van der Waals surface area contributed by atoms with Crippen LogP contribution >= 0.6 is 0 Å². The lowest BCUT2D eigenvalue weighted by Gasteiger charge is -2.37. The van der Waals surface area contributed by atoms with Crippen LogP contribution in [0.3, 0.4) is 0 Å². The second-order valence-corrected chi connectivity index (χ2v) is 8.03. The molecule has 4 rings (SSSR count). The predicted octanol–water partition coefficient (Wildman–Crippen LogP) is 4.66. The number of carbonyl (C=O) groups is 1. The fraction of sp³-hybridized carbons (Fsp3) is 0.292. The van der Waals surface area contributed by atoms with Gasteiger partial charge in [-0.05, 0) is 37.3 Å². The van der Waals surface area contributed by atoms with E-state index in [0.717, 1.165) is 30.3 Å². The lowest BCUT2D eigenvalue weighted by Crippen LogP contribution is -2.38. The third kappa shape index (κ3) is 4.60. The van der Waals surface area contributed by atoms with E-state index >= 15 is 0 Å². The summed E-state index contributed by atoms with van der Waals surface area (Å²) in [5.41, 5.74) is -0.564. The number of rotatable bonds is 4. The van der Waals surface area contributed by atoms with Gasteiger partial charge in [0, 0.05) is 24.1 Å². The number of hydrogen-bond acceptors (Lipinski definition) is 5. The van der Waals surface area contributed by atoms with Gasteiger partial charge in [0.1, 0.15) is 28.8 Å². The van der Waals surface area contributed by atoms with E-state index in [1.807, 2.05) is 13.8 Å². The molecule has 1 amide bonds. The van der Waals surface area contributed by atoms with Crippen LogP contribution in [0.1, 0.15) is 42.4 Å². The van der Waals surface area contributed by atoms with E-state index in [0.29, 0.717) is 17.7 Å². The summed E-state index contributed by atoms with van der Waals surface area (Å²) in [5.74, 6) is -3.72. The minimum atomic E-state index is -0.996. The minimum absolute atomic E-state index is 0.0401. The van der Waals surface area contributed by atoms with E-state index < -0.39 is 46.8 Å². The first-order chi connectivity index (χ1) is 15.8. The molecule has 2 N–H and O–H groups in total. The van der Waals surface area contributed by atoms with Gasteiger partial charge in [-0.25, -0.2) is 18.2 Å². The van der Waals surface area contributed by atoms with Gasteiger partial charge >= 0.3 is 0 Å². The van der Waals surface area contributed by atoms with Gasteiger partial charge in [-0.2, -0.15) is 0 Å². The number of ether oxygens (including phenoxy) is 1. The van der Waals surface area contributed by atoms with Crippen LogP contribution in [0, 0.1) is 23.4 Å². The standard InChI is InChI=1S/C24H22F3N3O3/c1-12-13(2)33-21(10-20(12)31)14-8-9-28-11-19(14)30-24(32)18-7-6-17(27)23(29-18)22-15(25)4-3-5-16(22)26/h3-9,11-13,20-21,31H,10H2,1-2H3,(H,30,32)/t12-,13-,20-,21-/m0/s1. The molecule has 0 aliphatic carbocycles. The Morgan fingerprint density at radius 3 is 2.52 bits per heavy atom. The van der Waals surface area contributed by atoms with Crippen molar-refractivity contribution in [3.05, 3.63) is 77.5 Å². The Hall–Kier alpha value is -3.30. The molecule has 1 saturated heterocycles. The number of anilines is 1. The Kier molecular flexibility index (Phi) is 6.44. The maximum absolute atomic E-state index is 14.3. The molecule has 3 aromatic rings. The Balaban J connectivity index is 1.63. The van der Waals surface area contributed by atoms with Crippen LogP contribution in [0.15, 0.2) is 48.8 Å². The molecule has 6 nitrogen and oxygen atoms in total. The highest BCUT2D eigenvalue weighted by Crippen LogP contribution is 2.37. The topological polar surface area (TPSA) is 84.3 Å². The largest absolute Gasteiger partial charge is 0.393 e. The van der Waals surface area contributed by atoms with Crippen molar-refractivity contribution in [3.8, 4) is 11.3 Å². The average Bonchev–Trinajstić information content (AvgIpc) is 2.78. The molecule has 172 valence electrons. The molecule has 0 saturated carbocycles. The van der Waals surface area contributed by atoms with Gasteiger partial charge in [0.2, 0.25) is 0 Å². The zero-order valence-electron chi connectivity index (χ0n) is 17.9. The third-order valence-corrected chi connectivity index (χ3v) is 5.91. The molecule has 2 aromatic heterocycles. The van der Waals surface area contributed by atoms with Gasteiger partial charge in [-0.1, -0.05) is 13.0 Å². The van der Waals surface area contributed by atoms with Crippen molar-refractivity contribution in [1.29, 1.82) is 0 Å². The first-order valence-electron chi connectivity index (χ1n) is 10.5. The fourth-order valence-electron chi connectivity index (χ4n) is 3.83. The van der Waals surface area contributed by atoms with Crippen LogP contribution < -0.4 is 5.32 Å². The Bertz CT molecular complexity index is 1160. The summed E-state index contributed by atoms with van der Waals surface area (Å²) in [4.78, 5) is 20.8. The highest BCUT2D eigenvalue weighted by Gasteiger charge is 2.34. The summed E-state index contributed by atoms with van der Waals surface area (Å²) in [7, 11) is 0. The van der Waals surface area contributed by atoms with Gasteiger partial charge in [-0.3, -0.25) is 9.78 Å². The number of nitrogens with one attached hydrogen (secondary N) is 1. The Labute approximate surface area is 188 Å². The highest BCUT2D eigenvalue weighted by atomic mass is 19.1. The fourth-order valence-corrected chi connectivity index (χ4v) is 3.83. The van der Waals surface area contributed by atoms with Crippen LogP contribution in [-0.2, 0) is 4.74 Å². The smallest absolute Gasteiger partial charge is 0.274 e. The van der Waals surface area contributed by atoms with E-state index in [1.54, 1.807) is 12.3 Å². The number of aromatic nitrogens is 2. The van der Waals surface area contributed by atoms with Crippen molar-refractivity contribution >= 4 is 11.6 Å². The monoisotopic (exact) mass is 457 g/mol. The summed E-state index contributed by atoms with van der Waals surface area (Å²) in [6.07, 6.45) is 2.04. The minimum Gasteiger partial charge on any atom is -0.393 e. The molecule has 1 aliphatic heterocycles. The molecule has 0 bridgehead atoms. The number of amides is 1. The first-order valence-corrected chi connectivity index (χ1v) is 10.5. The number of aliphatic hydroxyl groups excluding tert-OH is 1. The van der Waals surface area contributed by atoms with E-state index in [1.165, 1.54) is 6.20 Å². The molecule has 3 heterocycles. The molecule has 0 spiro atoms. The highest BCUT2D eigenvalue weighted by molar-refractivity contribution is 6.03. The summed E-state index contributed by atoms with van der Waals surface area (Å²) in [6, 6.07) is 6.83. The van der Waals surface area contributed by atoms with Crippen molar-refractivity contribution in [3.63, 3.8) is 0 Å². The van der Waals surface area contributed by atoms with Crippen molar-refractivity contribution in [2.24, 2.45) is 5.92 Å². The zero-order chi connectivity index (χ0) is 23.7. The van der Waals surface area contributed by atoms with Crippen LogP contribution in [0.25, 0.3) is 11.3 Å². The third-order valence-electron chi connectivity index (χ3n) is 5.91. The first kappa shape index (κ1) is 22.9. The second-order valence-electron chi connectivity index (χ2n) is 8.03. The predicted molar refractivity (Wildman–Crippen MR) is 115 cm³/mol. The summed E-state index contributed by atoms with van der Waals surface area (Å²) < 4.78 is 48.7. The molecular weight excluding hydrogens is 435 g/mol. The molecule has 9 heteroatoms. The molecule has 33 heavy (non-hydrogen) atoms. The van der Waals surface area contributed by atoms with Gasteiger partial charge in [0.05, 0.1) is 35.8 Å². The van der Waals surface area contributed by atoms with Crippen molar-refractivity contribution in [1.82, 2.24) is 9.97 Å². The van der Waals surface area contributed by atoms with Crippen LogP contribution in [0.4, 0.5) is 18.9 Å². The zero-order valence-corrected chi connectivity index (χ0v) is 17.9. The molecule has 0 radical (unpaired) electrons. The average molecular weight is 457 g/mol. The quantitative estimate of drug-likeness (QED) is 0.595. The van der Waals surface area contributed by atoms with Crippen LogP contribution in [0.2, 0.25) is 0 Å². The van der Waals surface area contributed by atoms with Gasteiger partial charge in [0.25, 0.3) is 5.91 Å². The lowest BCUT2D eigenvalue weighted by atomic mass is 9.88. The number of benzene rings is 1. The molecule has 0 unspecified atom stereocenters. The molecule has 4 atom stereocenters. The van der Waals surface area contributed by atoms with Crippen LogP contribution in [0.5, 0.6) is 0 Å². The maximum atomic E-state index is 14.3. The summed E-state index contributed by atoms with van der Waals surface area (Å²) >= 11 is 0. The van der Waals surface area contributed by atoms with E-state index in [9.17, 15) is 23.1 Å². The summed E-state index contributed by atoms with van der Waals surface area (Å²) in [5, 5.41) is 13.0. The lowest BCUT2D eigenvalue weighted by molar-refractivity contribution is -0.124. The van der Waals surface area contributed by atoms with Crippen molar-refractivity contribution in [2.75, 3.05) is 5.32 Å². The number of hydrogen-bond donors (Lipinski definition) is 2. The SMILES string of the molecule is C[C@H]1[C@H](C)O[C@H](c2ccncc2NC(=O)c2ccc(F)c(-c3c(F)cccc3F)n2)C[C@@H]1O.